The van der Waals surface area contributed by atoms with E-state index < -0.39 is 0 Å². The maximum atomic E-state index is 8.63. The molecule has 2 N–H and O–H groups in total. The summed E-state index contributed by atoms with van der Waals surface area (Å²) in [5.41, 5.74) is 0. The number of rotatable bonds is 2. The van der Waals surface area contributed by atoms with Crippen molar-refractivity contribution in [3.63, 3.8) is 0 Å². The highest BCUT2D eigenvalue weighted by molar-refractivity contribution is 6.17. The molecule has 0 amide bonds. The van der Waals surface area contributed by atoms with E-state index in [1.807, 2.05) is 19.1 Å². The van der Waals surface area contributed by atoms with Gasteiger partial charge in [-0.2, -0.15) is 0 Å². The van der Waals surface area contributed by atoms with Gasteiger partial charge < -0.3 is 14.9 Å². The van der Waals surface area contributed by atoms with Crippen LogP contribution >= 0.6 is 11.6 Å². The average molecular weight is 283 g/mol. The van der Waals surface area contributed by atoms with Crippen LogP contribution in [0.4, 0.5) is 0 Å². The molecule has 3 nitrogen and oxygen atoms in total. The van der Waals surface area contributed by atoms with Crippen LogP contribution in [0.1, 0.15) is 6.92 Å². The summed E-state index contributed by atoms with van der Waals surface area (Å²) in [4.78, 5) is 0. The smallest absolute Gasteiger partial charge is 0.120 e. The van der Waals surface area contributed by atoms with Gasteiger partial charge in [-0.25, -0.2) is 0 Å². The first-order valence-corrected chi connectivity index (χ1v) is 6.35. The van der Waals surface area contributed by atoms with Crippen LogP contribution in [-0.2, 0) is 4.74 Å². The Hall–Kier alpha value is -1.71. The topological polar surface area (TPSA) is 49.7 Å². The van der Waals surface area contributed by atoms with E-state index in [9.17, 15) is 0 Å². The van der Waals surface area contributed by atoms with Gasteiger partial charge in [0, 0.05) is 6.61 Å². The Labute approximate surface area is 119 Å². The third-order valence-electron chi connectivity index (χ3n) is 1.79. The van der Waals surface area contributed by atoms with Crippen LogP contribution in [0, 0.1) is 0 Å². The van der Waals surface area contributed by atoms with Crippen LogP contribution in [0.15, 0.2) is 60.7 Å². The van der Waals surface area contributed by atoms with Gasteiger partial charge in [-0.3, -0.25) is 0 Å². The van der Waals surface area contributed by atoms with Crippen LogP contribution in [0.2, 0.25) is 0 Å². The Bertz CT molecular complexity index is 353. The molecule has 0 aliphatic rings. The first-order chi connectivity index (χ1) is 9.20. The summed E-state index contributed by atoms with van der Waals surface area (Å²) in [5, 5.41) is 17.3. The summed E-state index contributed by atoms with van der Waals surface area (Å²) in [6, 6.07) is 17.7. The fraction of sp³-hybridized carbons (Fsp3) is 0.200. The van der Waals surface area contributed by atoms with Crippen LogP contribution < -0.4 is 0 Å². The summed E-state index contributed by atoms with van der Waals surface area (Å²) in [6.45, 7) is 2.62. The van der Waals surface area contributed by atoms with Gasteiger partial charge in [0.15, 0.2) is 0 Å². The minimum Gasteiger partial charge on any atom is -0.508 e. The zero-order chi connectivity index (χ0) is 14.3. The van der Waals surface area contributed by atoms with Crippen LogP contribution in [0.25, 0.3) is 0 Å². The van der Waals surface area contributed by atoms with Gasteiger partial charge in [0.25, 0.3) is 0 Å². The van der Waals surface area contributed by atoms with E-state index in [0.717, 1.165) is 0 Å². The normalized spacial score (nSPS) is 8.53. The fourth-order valence-electron chi connectivity index (χ4n) is 0.933. The van der Waals surface area contributed by atoms with Crippen molar-refractivity contribution in [1.29, 1.82) is 0 Å². The molecule has 0 aliphatic carbocycles. The van der Waals surface area contributed by atoms with Gasteiger partial charge in [-0.15, -0.1) is 0 Å². The van der Waals surface area contributed by atoms with Crippen molar-refractivity contribution in [3.05, 3.63) is 60.7 Å². The Morgan fingerprint density at radius 2 is 1.21 bits per heavy atom. The van der Waals surface area contributed by atoms with Gasteiger partial charge in [-0.05, 0) is 31.2 Å². The molecule has 0 spiro atoms. The lowest BCUT2D eigenvalue weighted by molar-refractivity contribution is 0.195. The number of benzene rings is 2. The van der Waals surface area contributed by atoms with Gasteiger partial charge in [0.1, 0.15) is 17.6 Å². The summed E-state index contributed by atoms with van der Waals surface area (Å²) < 4.78 is 4.60. The molecule has 0 aromatic heterocycles. The average Bonchev–Trinajstić information content (AvgIpc) is 2.43. The number of halogens is 1. The van der Waals surface area contributed by atoms with Crippen LogP contribution in [0.3, 0.4) is 0 Å². The van der Waals surface area contributed by atoms with Crippen molar-refractivity contribution in [1.82, 2.24) is 0 Å². The number of aromatic hydroxyl groups is 2. The lowest BCUT2D eigenvalue weighted by Crippen LogP contribution is -1.81. The molecular weight excluding hydrogens is 264 g/mol. The van der Waals surface area contributed by atoms with E-state index in [0.29, 0.717) is 24.2 Å². The number of alkyl halides is 1. The van der Waals surface area contributed by atoms with E-state index in [2.05, 4.69) is 4.74 Å². The molecule has 0 heterocycles. The molecule has 2 aromatic carbocycles. The van der Waals surface area contributed by atoms with Crippen molar-refractivity contribution in [2.45, 2.75) is 6.92 Å². The van der Waals surface area contributed by atoms with E-state index in [1.165, 1.54) is 0 Å². The molecule has 4 heteroatoms. The second-order valence-corrected chi connectivity index (χ2v) is 3.49. The van der Waals surface area contributed by atoms with E-state index in [-0.39, 0.29) is 0 Å². The zero-order valence-corrected chi connectivity index (χ0v) is 11.6. The molecule has 2 rings (SSSR count). The molecule has 0 aliphatic heterocycles. The highest BCUT2D eigenvalue weighted by Crippen LogP contribution is 2.03. The molecule has 0 fully saturated rings. The van der Waals surface area contributed by atoms with Gasteiger partial charge in [0.2, 0.25) is 0 Å². The predicted octanol–water partition coefficient (Wildman–Crippen LogP) is 4.00. The number of phenols is 2. The summed E-state index contributed by atoms with van der Waals surface area (Å²) >= 11 is 5.08. The molecular formula is C15H19ClO3. The summed E-state index contributed by atoms with van der Waals surface area (Å²) in [5.74, 6) is 0.644. The van der Waals surface area contributed by atoms with Crippen LogP contribution in [0.5, 0.6) is 11.5 Å². The SMILES string of the molecule is CCOCCl.Oc1ccccc1.Oc1ccccc1. The molecule has 2 aromatic rings. The molecule has 0 radical (unpaired) electrons. The first-order valence-electron chi connectivity index (χ1n) is 5.82. The zero-order valence-electron chi connectivity index (χ0n) is 10.9. The third-order valence-corrected chi connectivity index (χ3v) is 1.95. The van der Waals surface area contributed by atoms with Gasteiger partial charge in [0.05, 0.1) is 0 Å². The molecule has 0 saturated heterocycles. The predicted molar refractivity (Wildman–Crippen MR) is 78.6 cm³/mol. The number of phenolic OH excluding ortho intramolecular Hbond substituents is 2. The molecule has 0 atom stereocenters. The second kappa shape index (κ2) is 12.7. The lowest BCUT2D eigenvalue weighted by atomic mass is 10.3. The molecule has 19 heavy (non-hydrogen) atoms. The summed E-state index contributed by atoms with van der Waals surface area (Å²) in [6.07, 6.45) is 0. The first kappa shape index (κ1) is 17.3. The van der Waals surface area contributed by atoms with E-state index in [1.54, 1.807) is 48.5 Å². The van der Waals surface area contributed by atoms with Crippen molar-refractivity contribution < 1.29 is 14.9 Å². The minimum absolute atomic E-state index is 0.316. The Morgan fingerprint density at radius 3 is 1.32 bits per heavy atom. The highest BCUT2D eigenvalue weighted by Gasteiger charge is 1.75. The molecule has 0 saturated carbocycles. The highest BCUT2D eigenvalue weighted by atomic mass is 35.5. The van der Waals surface area contributed by atoms with Crippen molar-refractivity contribution in [2.24, 2.45) is 0 Å². The fourth-order valence-corrected chi connectivity index (χ4v) is 1.09. The minimum atomic E-state index is 0.316. The van der Waals surface area contributed by atoms with Crippen molar-refractivity contribution in [3.8, 4) is 11.5 Å². The van der Waals surface area contributed by atoms with E-state index in [4.69, 9.17) is 21.8 Å². The Kier molecular flexibility index (Phi) is 11.6. The molecule has 0 unspecified atom stereocenters. The molecule has 0 bridgehead atoms. The van der Waals surface area contributed by atoms with Crippen molar-refractivity contribution >= 4 is 11.6 Å². The van der Waals surface area contributed by atoms with Gasteiger partial charge in [-0.1, -0.05) is 48.0 Å². The van der Waals surface area contributed by atoms with E-state index >= 15 is 0 Å². The van der Waals surface area contributed by atoms with Gasteiger partial charge >= 0.3 is 0 Å². The van der Waals surface area contributed by atoms with Crippen LogP contribution in [-0.4, -0.2) is 22.9 Å². The van der Waals surface area contributed by atoms with Crippen molar-refractivity contribution in [2.75, 3.05) is 12.7 Å². The Morgan fingerprint density at radius 1 is 0.842 bits per heavy atom. The summed E-state index contributed by atoms with van der Waals surface area (Å²) in [7, 11) is 0. The number of ether oxygens (including phenoxy) is 1. The number of hydrogen-bond donors (Lipinski definition) is 2. The third kappa shape index (κ3) is 12.5. The number of hydrogen-bond acceptors (Lipinski definition) is 3. The quantitative estimate of drug-likeness (QED) is 0.819. The standard InChI is InChI=1S/2C6H6O.C3H7ClO/c2*7-6-4-2-1-3-5-6;1-2-5-3-4/h2*1-5,7H;2-3H2,1H3. The lowest BCUT2D eigenvalue weighted by Gasteiger charge is -1.84. The second-order valence-electron chi connectivity index (χ2n) is 3.27. The maximum absolute atomic E-state index is 8.63. The monoisotopic (exact) mass is 282 g/mol. The maximum Gasteiger partial charge on any atom is 0.120 e. The number of para-hydroxylation sites is 2. The Balaban J connectivity index is 0.000000261. The molecule has 104 valence electrons. The largest absolute Gasteiger partial charge is 0.508 e.